The summed E-state index contributed by atoms with van der Waals surface area (Å²) >= 11 is 2.21. The molecule has 0 spiro atoms. The van der Waals surface area contributed by atoms with Gasteiger partial charge < -0.3 is 4.74 Å². The molecule has 21 heavy (non-hydrogen) atoms. The van der Waals surface area contributed by atoms with Crippen LogP contribution in [0.15, 0.2) is 65.7 Å². The molecule has 0 N–H and O–H groups in total. The van der Waals surface area contributed by atoms with Crippen molar-refractivity contribution < 1.29 is 9.53 Å². The van der Waals surface area contributed by atoms with Crippen molar-refractivity contribution in [2.24, 2.45) is 4.99 Å². The summed E-state index contributed by atoms with van der Waals surface area (Å²) in [6.45, 7) is 0. The molecule has 0 radical (unpaired) electrons. The van der Waals surface area contributed by atoms with Gasteiger partial charge in [0.15, 0.2) is 5.54 Å². The molecule has 2 aromatic rings. The van der Waals surface area contributed by atoms with E-state index in [9.17, 15) is 4.79 Å². The SMILES string of the molecule is O=C1OC(c2ccccc2)=N[C@@]1(CI)Cc1ccccc1. The largest absolute Gasteiger partial charge is 0.405 e. The fraction of sp³-hybridized carbons (Fsp3) is 0.176. The van der Waals surface area contributed by atoms with Crippen LogP contribution in [0, 0.1) is 0 Å². The first kappa shape index (κ1) is 14.3. The van der Waals surface area contributed by atoms with Gasteiger partial charge in [-0.25, -0.2) is 9.79 Å². The number of carbonyl (C=O) groups is 1. The van der Waals surface area contributed by atoms with Gasteiger partial charge in [-0.3, -0.25) is 0 Å². The van der Waals surface area contributed by atoms with Gasteiger partial charge in [-0.05, 0) is 17.7 Å². The van der Waals surface area contributed by atoms with Gasteiger partial charge in [0.25, 0.3) is 0 Å². The van der Waals surface area contributed by atoms with Crippen LogP contribution in [0.25, 0.3) is 0 Å². The predicted molar refractivity (Wildman–Crippen MR) is 90.8 cm³/mol. The van der Waals surface area contributed by atoms with Gasteiger partial charge in [-0.1, -0.05) is 71.1 Å². The smallest absolute Gasteiger partial charge is 0.342 e. The van der Waals surface area contributed by atoms with Gasteiger partial charge in [0, 0.05) is 16.4 Å². The minimum absolute atomic E-state index is 0.264. The van der Waals surface area contributed by atoms with Crippen molar-refractivity contribution in [3.63, 3.8) is 0 Å². The lowest BCUT2D eigenvalue weighted by Gasteiger charge is -2.18. The Morgan fingerprint density at radius 1 is 1.00 bits per heavy atom. The van der Waals surface area contributed by atoms with Gasteiger partial charge in [0.2, 0.25) is 5.90 Å². The number of ether oxygens (including phenoxy) is 1. The number of alkyl halides is 1. The van der Waals surface area contributed by atoms with Crippen molar-refractivity contribution in [1.82, 2.24) is 0 Å². The Kier molecular flexibility index (Phi) is 4.05. The zero-order valence-corrected chi connectivity index (χ0v) is 13.5. The van der Waals surface area contributed by atoms with Crippen LogP contribution < -0.4 is 0 Å². The lowest BCUT2D eigenvalue weighted by atomic mass is 9.94. The third-order valence-electron chi connectivity index (χ3n) is 3.47. The van der Waals surface area contributed by atoms with E-state index >= 15 is 0 Å². The molecule has 1 atom stereocenters. The number of aliphatic imine (C=N–C) groups is 1. The van der Waals surface area contributed by atoms with Gasteiger partial charge in [-0.2, -0.15) is 0 Å². The number of halogens is 1. The third-order valence-corrected chi connectivity index (χ3v) is 4.73. The maximum atomic E-state index is 12.4. The Labute approximate surface area is 137 Å². The van der Waals surface area contributed by atoms with Gasteiger partial charge in [0.05, 0.1) is 0 Å². The van der Waals surface area contributed by atoms with E-state index in [1.165, 1.54) is 0 Å². The van der Waals surface area contributed by atoms with Crippen LogP contribution in [0.3, 0.4) is 0 Å². The van der Waals surface area contributed by atoms with E-state index in [1.54, 1.807) is 0 Å². The number of rotatable bonds is 4. The molecular weight excluding hydrogens is 377 g/mol. The second-order valence-corrected chi connectivity index (χ2v) is 5.76. The van der Waals surface area contributed by atoms with Crippen LogP contribution >= 0.6 is 22.6 Å². The maximum Gasteiger partial charge on any atom is 0.342 e. The monoisotopic (exact) mass is 391 g/mol. The molecule has 0 aliphatic carbocycles. The normalized spacial score (nSPS) is 21.0. The van der Waals surface area contributed by atoms with Gasteiger partial charge in [-0.15, -0.1) is 0 Å². The number of hydrogen-bond donors (Lipinski definition) is 0. The molecule has 0 fully saturated rings. The van der Waals surface area contributed by atoms with Crippen molar-refractivity contribution in [3.05, 3.63) is 71.8 Å². The van der Waals surface area contributed by atoms with Crippen LogP contribution in [-0.4, -0.2) is 21.8 Å². The Balaban J connectivity index is 1.94. The minimum atomic E-state index is -0.812. The highest BCUT2D eigenvalue weighted by molar-refractivity contribution is 14.1. The number of cyclic esters (lactones) is 1. The summed E-state index contributed by atoms with van der Waals surface area (Å²) < 4.78 is 6.02. The molecule has 1 heterocycles. The van der Waals surface area contributed by atoms with E-state index < -0.39 is 5.54 Å². The first-order valence-electron chi connectivity index (χ1n) is 6.71. The van der Waals surface area contributed by atoms with Crippen LogP contribution in [0.1, 0.15) is 11.1 Å². The van der Waals surface area contributed by atoms with Crippen molar-refractivity contribution in [2.75, 3.05) is 4.43 Å². The fourth-order valence-electron chi connectivity index (χ4n) is 2.33. The molecule has 2 aromatic carbocycles. The maximum absolute atomic E-state index is 12.4. The molecule has 1 aliphatic heterocycles. The molecule has 0 saturated heterocycles. The molecule has 0 aromatic heterocycles. The molecule has 0 unspecified atom stereocenters. The molecule has 4 heteroatoms. The Morgan fingerprint density at radius 2 is 1.62 bits per heavy atom. The zero-order chi connectivity index (χ0) is 14.7. The minimum Gasteiger partial charge on any atom is -0.405 e. The van der Waals surface area contributed by atoms with Crippen LogP contribution in [-0.2, 0) is 16.0 Å². The lowest BCUT2D eigenvalue weighted by molar-refractivity contribution is -0.138. The highest BCUT2D eigenvalue weighted by atomic mass is 127. The molecule has 0 amide bonds. The van der Waals surface area contributed by atoms with Gasteiger partial charge in [0.1, 0.15) is 0 Å². The van der Waals surface area contributed by atoms with Crippen molar-refractivity contribution in [2.45, 2.75) is 12.0 Å². The summed E-state index contributed by atoms with van der Waals surface area (Å²) in [5, 5.41) is 0. The molecule has 106 valence electrons. The molecule has 3 rings (SSSR count). The number of benzene rings is 2. The predicted octanol–water partition coefficient (Wildman–Crippen LogP) is 3.41. The van der Waals surface area contributed by atoms with Gasteiger partial charge >= 0.3 is 5.97 Å². The Hall–Kier alpha value is -1.69. The van der Waals surface area contributed by atoms with Crippen molar-refractivity contribution >= 4 is 34.5 Å². The molecule has 1 aliphatic rings. The molecular formula is C17H14INO2. The number of nitrogens with zero attached hydrogens (tertiary/aromatic N) is 1. The number of esters is 1. The van der Waals surface area contributed by atoms with Crippen LogP contribution in [0.4, 0.5) is 0 Å². The summed E-state index contributed by atoms with van der Waals surface area (Å²) in [6, 6.07) is 19.5. The Morgan fingerprint density at radius 3 is 2.24 bits per heavy atom. The molecule has 0 bridgehead atoms. The van der Waals surface area contributed by atoms with Crippen molar-refractivity contribution in [1.29, 1.82) is 0 Å². The molecule has 0 saturated carbocycles. The van der Waals surface area contributed by atoms with E-state index in [0.717, 1.165) is 11.1 Å². The molecule has 3 nitrogen and oxygen atoms in total. The average Bonchev–Trinajstić information content (AvgIpc) is 2.87. The van der Waals surface area contributed by atoms with Crippen LogP contribution in [0.2, 0.25) is 0 Å². The lowest BCUT2D eigenvalue weighted by Crippen LogP contribution is -2.38. The number of carbonyl (C=O) groups excluding carboxylic acids is 1. The third kappa shape index (κ3) is 2.85. The average molecular weight is 391 g/mol. The van der Waals surface area contributed by atoms with E-state index in [2.05, 4.69) is 27.6 Å². The van der Waals surface area contributed by atoms with E-state index in [4.69, 9.17) is 4.74 Å². The summed E-state index contributed by atoms with van der Waals surface area (Å²) in [7, 11) is 0. The second-order valence-electron chi connectivity index (χ2n) is 5.00. The standard InChI is InChI=1S/C17H14INO2/c18-12-17(11-13-7-3-1-4-8-13)16(20)21-15(19-17)14-9-5-2-6-10-14/h1-10H,11-12H2/t17-/m1/s1. The van der Waals surface area contributed by atoms with Crippen LogP contribution in [0.5, 0.6) is 0 Å². The first-order valence-corrected chi connectivity index (χ1v) is 8.23. The summed E-state index contributed by atoms with van der Waals surface area (Å²) in [4.78, 5) is 17.0. The highest BCUT2D eigenvalue weighted by Gasteiger charge is 2.45. The highest BCUT2D eigenvalue weighted by Crippen LogP contribution is 2.29. The van der Waals surface area contributed by atoms with E-state index in [1.807, 2.05) is 60.7 Å². The summed E-state index contributed by atoms with van der Waals surface area (Å²) in [5.74, 6) is 0.160. The van der Waals surface area contributed by atoms with E-state index in [-0.39, 0.29) is 5.97 Å². The van der Waals surface area contributed by atoms with Crippen molar-refractivity contribution in [3.8, 4) is 0 Å². The summed E-state index contributed by atoms with van der Waals surface area (Å²) in [6.07, 6.45) is 0.561. The fourth-order valence-corrected chi connectivity index (χ4v) is 3.08. The topological polar surface area (TPSA) is 38.7 Å². The first-order chi connectivity index (χ1) is 10.2. The Bertz CT molecular complexity index is 670. The zero-order valence-electron chi connectivity index (χ0n) is 11.3. The number of hydrogen-bond acceptors (Lipinski definition) is 3. The summed E-state index contributed by atoms with van der Waals surface area (Å²) in [5.41, 5.74) is 1.11. The quantitative estimate of drug-likeness (QED) is 0.455. The van der Waals surface area contributed by atoms with E-state index in [0.29, 0.717) is 16.7 Å². The second kappa shape index (κ2) is 5.97.